The maximum atomic E-state index is 10.9. The summed E-state index contributed by atoms with van der Waals surface area (Å²) in [5.74, 6) is 0.0630. The zero-order valence-corrected chi connectivity index (χ0v) is 7.07. The quantitative estimate of drug-likeness (QED) is 0.611. The molecule has 0 aliphatic heterocycles. The van der Waals surface area contributed by atoms with E-state index in [0.717, 1.165) is 12.8 Å². The van der Waals surface area contributed by atoms with Crippen LogP contribution in [0.25, 0.3) is 0 Å². The van der Waals surface area contributed by atoms with E-state index < -0.39 is 5.97 Å². The van der Waals surface area contributed by atoms with Crippen LogP contribution in [0.4, 0.5) is 0 Å². The summed E-state index contributed by atoms with van der Waals surface area (Å²) in [6.45, 7) is 0. The fourth-order valence-corrected chi connectivity index (χ4v) is 3.01. The van der Waals surface area contributed by atoms with E-state index in [4.69, 9.17) is 10.8 Å². The van der Waals surface area contributed by atoms with Gasteiger partial charge in [0, 0.05) is 6.04 Å². The molecule has 0 spiro atoms. The second-order valence-electron chi connectivity index (χ2n) is 4.12. The Hall–Kier alpha value is -0.570. The Bertz CT molecular complexity index is 205. The molecule has 4 atom stereocenters. The minimum Gasteiger partial charge on any atom is -0.481 e. The molecule has 0 radical (unpaired) electrons. The summed E-state index contributed by atoms with van der Waals surface area (Å²) in [7, 11) is 0. The van der Waals surface area contributed by atoms with E-state index in [9.17, 15) is 4.79 Å². The Labute approximate surface area is 71.9 Å². The minimum absolute atomic E-state index is 0.0854. The molecular weight excluding hydrogens is 154 g/mol. The van der Waals surface area contributed by atoms with Gasteiger partial charge in [-0.3, -0.25) is 4.79 Å². The van der Waals surface area contributed by atoms with Crippen molar-refractivity contribution in [2.75, 3.05) is 0 Å². The van der Waals surface area contributed by atoms with Gasteiger partial charge in [-0.2, -0.15) is 0 Å². The summed E-state index contributed by atoms with van der Waals surface area (Å²) in [4.78, 5) is 10.9. The normalized spacial score (nSPS) is 46.1. The predicted molar refractivity (Wildman–Crippen MR) is 44.5 cm³/mol. The molecule has 3 nitrogen and oxygen atoms in total. The molecule has 2 rings (SSSR count). The largest absolute Gasteiger partial charge is 0.481 e. The lowest BCUT2D eigenvalue weighted by Gasteiger charge is -2.15. The van der Waals surface area contributed by atoms with Gasteiger partial charge in [-0.05, 0) is 24.7 Å². The molecular formula is C9H15NO2. The molecule has 0 bridgehead atoms. The number of carbonyl (C=O) groups is 1. The lowest BCUT2D eigenvalue weighted by molar-refractivity contribution is -0.143. The summed E-state index contributed by atoms with van der Waals surface area (Å²) >= 11 is 0. The number of carboxylic acid groups (broad SMARTS) is 1. The van der Waals surface area contributed by atoms with E-state index in [2.05, 4.69) is 0 Å². The molecule has 4 unspecified atom stereocenters. The SMILES string of the molecule is NC1CC2CCCC2C1C(=O)O. The van der Waals surface area contributed by atoms with E-state index in [-0.39, 0.29) is 12.0 Å². The van der Waals surface area contributed by atoms with Crippen LogP contribution < -0.4 is 5.73 Å². The van der Waals surface area contributed by atoms with Crippen molar-refractivity contribution in [3.8, 4) is 0 Å². The van der Waals surface area contributed by atoms with Gasteiger partial charge in [0.1, 0.15) is 0 Å². The van der Waals surface area contributed by atoms with Crippen LogP contribution in [-0.2, 0) is 4.79 Å². The molecule has 2 aliphatic rings. The molecule has 68 valence electrons. The lowest BCUT2D eigenvalue weighted by Crippen LogP contribution is -2.33. The van der Waals surface area contributed by atoms with Crippen LogP contribution in [0.3, 0.4) is 0 Å². The molecule has 0 heterocycles. The molecule has 0 saturated heterocycles. The van der Waals surface area contributed by atoms with Gasteiger partial charge in [-0.1, -0.05) is 12.8 Å². The fourth-order valence-electron chi connectivity index (χ4n) is 3.01. The van der Waals surface area contributed by atoms with Gasteiger partial charge in [-0.15, -0.1) is 0 Å². The second kappa shape index (κ2) is 2.73. The zero-order chi connectivity index (χ0) is 8.72. The van der Waals surface area contributed by atoms with Crippen molar-refractivity contribution in [3.63, 3.8) is 0 Å². The van der Waals surface area contributed by atoms with E-state index in [1.165, 1.54) is 12.8 Å². The number of hydrogen-bond acceptors (Lipinski definition) is 2. The maximum absolute atomic E-state index is 10.9. The van der Waals surface area contributed by atoms with E-state index >= 15 is 0 Å². The van der Waals surface area contributed by atoms with Gasteiger partial charge in [-0.25, -0.2) is 0 Å². The zero-order valence-electron chi connectivity index (χ0n) is 7.07. The molecule has 2 aliphatic carbocycles. The third-order valence-electron chi connectivity index (χ3n) is 3.50. The van der Waals surface area contributed by atoms with Crippen molar-refractivity contribution in [1.82, 2.24) is 0 Å². The molecule has 2 fully saturated rings. The van der Waals surface area contributed by atoms with Gasteiger partial charge in [0.15, 0.2) is 0 Å². The number of hydrogen-bond donors (Lipinski definition) is 2. The first-order valence-corrected chi connectivity index (χ1v) is 4.68. The van der Waals surface area contributed by atoms with E-state index in [0.29, 0.717) is 11.8 Å². The Morgan fingerprint density at radius 1 is 1.42 bits per heavy atom. The highest BCUT2D eigenvalue weighted by molar-refractivity contribution is 5.72. The van der Waals surface area contributed by atoms with Crippen molar-refractivity contribution in [1.29, 1.82) is 0 Å². The van der Waals surface area contributed by atoms with Crippen molar-refractivity contribution >= 4 is 5.97 Å². The molecule has 0 aromatic rings. The van der Waals surface area contributed by atoms with Crippen molar-refractivity contribution in [2.45, 2.75) is 31.7 Å². The average molecular weight is 169 g/mol. The molecule has 0 aromatic heterocycles. The first-order chi connectivity index (χ1) is 5.70. The average Bonchev–Trinajstić information content (AvgIpc) is 2.44. The van der Waals surface area contributed by atoms with Crippen LogP contribution in [0.15, 0.2) is 0 Å². The molecule has 12 heavy (non-hydrogen) atoms. The first-order valence-electron chi connectivity index (χ1n) is 4.68. The smallest absolute Gasteiger partial charge is 0.308 e. The number of aliphatic carboxylic acids is 1. The van der Waals surface area contributed by atoms with Crippen LogP contribution in [0.1, 0.15) is 25.7 Å². The second-order valence-corrected chi connectivity index (χ2v) is 4.12. The molecule has 0 aromatic carbocycles. The Kier molecular flexibility index (Phi) is 1.83. The van der Waals surface area contributed by atoms with E-state index in [1.807, 2.05) is 0 Å². The van der Waals surface area contributed by atoms with Crippen molar-refractivity contribution < 1.29 is 9.90 Å². The monoisotopic (exact) mass is 169 g/mol. The van der Waals surface area contributed by atoms with Crippen molar-refractivity contribution in [3.05, 3.63) is 0 Å². The minimum atomic E-state index is -0.683. The third-order valence-corrected chi connectivity index (χ3v) is 3.50. The summed E-state index contributed by atoms with van der Waals surface area (Å²) in [5.41, 5.74) is 5.79. The van der Waals surface area contributed by atoms with Gasteiger partial charge >= 0.3 is 5.97 Å². The van der Waals surface area contributed by atoms with Gasteiger partial charge < -0.3 is 10.8 Å². The summed E-state index contributed by atoms with van der Waals surface area (Å²) in [6.07, 6.45) is 4.41. The molecule has 2 saturated carbocycles. The van der Waals surface area contributed by atoms with Crippen LogP contribution in [0.2, 0.25) is 0 Å². The highest BCUT2D eigenvalue weighted by Gasteiger charge is 2.47. The Morgan fingerprint density at radius 3 is 2.83 bits per heavy atom. The highest BCUT2D eigenvalue weighted by atomic mass is 16.4. The summed E-state index contributed by atoms with van der Waals surface area (Å²) < 4.78 is 0. The van der Waals surface area contributed by atoms with Gasteiger partial charge in [0.2, 0.25) is 0 Å². The highest BCUT2D eigenvalue weighted by Crippen LogP contribution is 2.46. The predicted octanol–water partition coefficient (Wildman–Crippen LogP) is 0.834. The number of rotatable bonds is 1. The van der Waals surface area contributed by atoms with Crippen LogP contribution in [0.5, 0.6) is 0 Å². The first kappa shape index (κ1) is 8.05. The fraction of sp³-hybridized carbons (Fsp3) is 0.889. The summed E-state index contributed by atoms with van der Waals surface area (Å²) in [6, 6.07) is -0.0854. The van der Waals surface area contributed by atoms with Gasteiger partial charge in [0.05, 0.1) is 5.92 Å². The lowest BCUT2D eigenvalue weighted by atomic mass is 9.91. The molecule has 0 amide bonds. The number of nitrogens with two attached hydrogens (primary N) is 1. The van der Waals surface area contributed by atoms with E-state index in [1.54, 1.807) is 0 Å². The number of carboxylic acids is 1. The maximum Gasteiger partial charge on any atom is 0.308 e. The van der Waals surface area contributed by atoms with Crippen LogP contribution in [0, 0.1) is 17.8 Å². The Balaban J connectivity index is 2.15. The van der Waals surface area contributed by atoms with Crippen LogP contribution >= 0.6 is 0 Å². The Morgan fingerprint density at radius 2 is 2.17 bits per heavy atom. The molecule has 3 heteroatoms. The van der Waals surface area contributed by atoms with Gasteiger partial charge in [0.25, 0.3) is 0 Å². The third kappa shape index (κ3) is 1.04. The molecule has 3 N–H and O–H groups in total. The van der Waals surface area contributed by atoms with Crippen molar-refractivity contribution in [2.24, 2.45) is 23.5 Å². The summed E-state index contributed by atoms with van der Waals surface area (Å²) in [5, 5.41) is 8.95. The number of fused-ring (bicyclic) bond motifs is 1. The topological polar surface area (TPSA) is 63.3 Å². The standard InChI is InChI=1S/C9H15NO2/c10-7-4-5-2-1-3-6(5)8(7)9(11)12/h5-8H,1-4,10H2,(H,11,12). The van der Waals surface area contributed by atoms with Crippen LogP contribution in [-0.4, -0.2) is 17.1 Å².